The third-order valence-electron chi connectivity index (χ3n) is 4.06. The fraction of sp³-hybridized carbons (Fsp3) is 0.350. The molecule has 0 saturated heterocycles. The number of nitrogens with one attached hydrogen (secondary N) is 1. The largest absolute Gasteiger partial charge is 0.493 e. The Balaban J connectivity index is 1.82. The van der Waals surface area contributed by atoms with Gasteiger partial charge in [0.15, 0.2) is 11.5 Å². The zero-order valence-corrected chi connectivity index (χ0v) is 16.6. The van der Waals surface area contributed by atoms with Crippen LogP contribution in [0.5, 0.6) is 11.5 Å². The molecular weight excluding hydrogens is 348 g/mol. The third-order valence-corrected chi connectivity index (χ3v) is 4.81. The van der Waals surface area contributed by atoms with Crippen molar-refractivity contribution in [2.24, 2.45) is 0 Å². The molecule has 26 heavy (non-hydrogen) atoms. The molecular formula is C20H26N2O3S. The van der Waals surface area contributed by atoms with Crippen molar-refractivity contribution in [3.63, 3.8) is 0 Å². The van der Waals surface area contributed by atoms with Gasteiger partial charge >= 0.3 is 6.03 Å². The number of ether oxygens (including phenoxy) is 2. The lowest BCUT2D eigenvalue weighted by Crippen LogP contribution is -2.37. The Labute approximate surface area is 159 Å². The van der Waals surface area contributed by atoms with Crippen LogP contribution in [0.2, 0.25) is 0 Å². The molecule has 6 heteroatoms. The van der Waals surface area contributed by atoms with Gasteiger partial charge in [0.05, 0.1) is 14.2 Å². The van der Waals surface area contributed by atoms with E-state index in [0.29, 0.717) is 24.6 Å². The molecule has 0 aromatic heterocycles. The highest BCUT2D eigenvalue weighted by atomic mass is 32.2. The van der Waals surface area contributed by atoms with Crippen LogP contribution >= 0.6 is 11.8 Å². The van der Waals surface area contributed by atoms with E-state index in [1.54, 1.807) is 37.9 Å². The monoisotopic (exact) mass is 374 g/mol. The minimum atomic E-state index is -0.0839. The fourth-order valence-electron chi connectivity index (χ4n) is 2.56. The van der Waals surface area contributed by atoms with Gasteiger partial charge in [-0.3, -0.25) is 0 Å². The van der Waals surface area contributed by atoms with E-state index in [4.69, 9.17) is 9.47 Å². The smallest absolute Gasteiger partial charge is 0.317 e. The molecule has 2 aromatic rings. The predicted octanol–water partition coefficient (Wildman–Crippen LogP) is 3.81. The number of urea groups is 1. The predicted molar refractivity (Wildman–Crippen MR) is 106 cm³/mol. The topological polar surface area (TPSA) is 50.8 Å². The van der Waals surface area contributed by atoms with Gasteiger partial charge in [-0.25, -0.2) is 4.79 Å². The van der Waals surface area contributed by atoms with Crippen molar-refractivity contribution in [2.75, 3.05) is 34.1 Å². The molecule has 0 aliphatic heterocycles. The first kappa shape index (κ1) is 20.0. The Bertz CT molecular complexity index is 719. The normalized spacial score (nSPS) is 10.3. The van der Waals surface area contributed by atoms with Gasteiger partial charge in [-0.2, -0.15) is 0 Å². The summed E-state index contributed by atoms with van der Waals surface area (Å²) in [6.07, 6.45) is 2.77. The summed E-state index contributed by atoms with van der Waals surface area (Å²) in [5, 5.41) is 2.95. The van der Waals surface area contributed by atoms with E-state index in [1.165, 1.54) is 4.90 Å². The maximum absolute atomic E-state index is 12.3. The lowest BCUT2D eigenvalue weighted by atomic mass is 10.1. The van der Waals surface area contributed by atoms with Crippen LogP contribution in [0.3, 0.4) is 0 Å². The number of nitrogens with zero attached hydrogens (tertiary/aromatic N) is 1. The molecule has 0 atom stereocenters. The molecule has 0 radical (unpaired) electrons. The summed E-state index contributed by atoms with van der Waals surface area (Å²) < 4.78 is 10.5. The summed E-state index contributed by atoms with van der Waals surface area (Å²) in [6, 6.07) is 14.0. The second-order valence-corrected chi connectivity index (χ2v) is 6.76. The maximum Gasteiger partial charge on any atom is 0.317 e. The van der Waals surface area contributed by atoms with Crippen LogP contribution in [0.1, 0.15) is 11.1 Å². The molecule has 0 aliphatic rings. The van der Waals surface area contributed by atoms with Gasteiger partial charge in [0.1, 0.15) is 0 Å². The minimum Gasteiger partial charge on any atom is -0.493 e. The van der Waals surface area contributed by atoms with Crippen LogP contribution in [0.15, 0.2) is 47.4 Å². The molecule has 1 N–H and O–H groups in total. The molecule has 0 fully saturated rings. The van der Waals surface area contributed by atoms with Crippen LogP contribution < -0.4 is 14.8 Å². The highest BCUT2D eigenvalue weighted by Crippen LogP contribution is 2.27. The van der Waals surface area contributed by atoms with E-state index in [2.05, 4.69) is 29.6 Å². The zero-order valence-electron chi connectivity index (χ0n) is 15.7. The molecule has 0 aliphatic carbocycles. The van der Waals surface area contributed by atoms with Gasteiger partial charge in [-0.15, -0.1) is 11.8 Å². The van der Waals surface area contributed by atoms with Crippen LogP contribution in [0.25, 0.3) is 0 Å². The molecule has 5 nitrogen and oxygen atoms in total. The van der Waals surface area contributed by atoms with E-state index in [0.717, 1.165) is 17.5 Å². The number of hydrogen-bond acceptors (Lipinski definition) is 4. The number of methoxy groups -OCH3 is 2. The average Bonchev–Trinajstić information content (AvgIpc) is 2.68. The molecule has 0 spiro atoms. The first-order valence-electron chi connectivity index (χ1n) is 8.40. The van der Waals surface area contributed by atoms with Crippen LogP contribution in [-0.2, 0) is 13.0 Å². The zero-order chi connectivity index (χ0) is 18.9. The van der Waals surface area contributed by atoms with Gasteiger partial charge in [0.25, 0.3) is 0 Å². The van der Waals surface area contributed by atoms with E-state index in [1.807, 2.05) is 24.5 Å². The number of amides is 2. The summed E-state index contributed by atoms with van der Waals surface area (Å²) >= 11 is 1.71. The van der Waals surface area contributed by atoms with Gasteiger partial charge in [0.2, 0.25) is 0 Å². The molecule has 2 aromatic carbocycles. The number of hydrogen-bond donors (Lipinski definition) is 1. The summed E-state index contributed by atoms with van der Waals surface area (Å²) in [7, 11) is 5.03. The molecule has 0 unspecified atom stereocenters. The second-order valence-electron chi connectivity index (χ2n) is 5.88. The number of carbonyl (C=O) groups excluding carboxylic acids is 1. The Morgan fingerprint density at radius 1 is 1.04 bits per heavy atom. The quantitative estimate of drug-likeness (QED) is 0.714. The number of benzene rings is 2. The summed E-state index contributed by atoms with van der Waals surface area (Å²) in [5.74, 6) is 1.40. The molecule has 2 rings (SSSR count). The van der Waals surface area contributed by atoms with Crippen molar-refractivity contribution >= 4 is 17.8 Å². The summed E-state index contributed by atoms with van der Waals surface area (Å²) in [5.41, 5.74) is 2.19. The molecule has 140 valence electrons. The molecule has 0 heterocycles. The number of thioether (sulfide) groups is 1. The lowest BCUT2D eigenvalue weighted by molar-refractivity contribution is 0.207. The first-order chi connectivity index (χ1) is 12.6. The SMILES string of the molecule is COc1ccc(CCNC(=O)N(C)Cc2ccc(SC)cc2)cc1OC. The van der Waals surface area contributed by atoms with Crippen molar-refractivity contribution in [1.82, 2.24) is 10.2 Å². The fourth-order valence-corrected chi connectivity index (χ4v) is 2.97. The Morgan fingerprint density at radius 3 is 2.31 bits per heavy atom. The van der Waals surface area contributed by atoms with Gasteiger partial charge in [-0.1, -0.05) is 18.2 Å². The van der Waals surface area contributed by atoms with Crippen molar-refractivity contribution < 1.29 is 14.3 Å². The number of carbonyl (C=O) groups is 1. The van der Waals surface area contributed by atoms with E-state index in [-0.39, 0.29) is 6.03 Å². The van der Waals surface area contributed by atoms with Gasteiger partial charge in [0, 0.05) is 25.0 Å². The Hall–Kier alpha value is -2.34. The molecule has 2 amide bonds. The molecule has 0 bridgehead atoms. The van der Waals surface area contributed by atoms with Gasteiger partial charge in [-0.05, 0) is 48.1 Å². The minimum absolute atomic E-state index is 0.0839. The maximum atomic E-state index is 12.3. The van der Waals surface area contributed by atoms with E-state index >= 15 is 0 Å². The van der Waals surface area contributed by atoms with Gasteiger partial charge < -0.3 is 19.7 Å². The number of rotatable bonds is 8. The molecule has 0 saturated carbocycles. The highest BCUT2D eigenvalue weighted by Gasteiger charge is 2.09. The second kappa shape index (κ2) is 9.97. The summed E-state index contributed by atoms with van der Waals surface area (Å²) in [4.78, 5) is 15.2. The first-order valence-corrected chi connectivity index (χ1v) is 9.62. The lowest BCUT2D eigenvalue weighted by Gasteiger charge is -2.18. The van der Waals surface area contributed by atoms with Crippen molar-refractivity contribution in [1.29, 1.82) is 0 Å². The van der Waals surface area contributed by atoms with Crippen molar-refractivity contribution in [3.8, 4) is 11.5 Å². The van der Waals surface area contributed by atoms with Crippen molar-refractivity contribution in [2.45, 2.75) is 17.9 Å². The van der Waals surface area contributed by atoms with Crippen LogP contribution in [0.4, 0.5) is 4.79 Å². The van der Waals surface area contributed by atoms with E-state index in [9.17, 15) is 4.79 Å². The Kier molecular flexibility index (Phi) is 7.66. The average molecular weight is 375 g/mol. The van der Waals surface area contributed by atoms with Crippen molar-refractivity contribution in [3.05, 3.63) is 53.6 Å². The van der Waals surface area contributed by atoms with Crippen LogP contribution in [0, 0.1) is 0 Å². The van der Waals surface area contributed by atoms with Crippen LogP contribution in [-0.4, -0.2) is 45.0 Å². The summed E-state index contributed by atoms with van der Waals surface area (Å²) in [6.45, 7) is 1.14. The van der Waals surface area contributed by atoms with E-state index < -0.39 is 0 Å². The standard InChI is InChI=1S/C20H26N2O3S/c1-22(14-16-5-8-17(26-4)9-6-16)20(23)21-12-11-15-7-10-18(24-2)19(13-15)25-3/h5-10,13H,11-12,14H2,1-4H3,(H,21,23). The third kappa shape index (κ3) is 5.59. The Morgan fingerprint density at radius 2 is 1.69 bits per heavy atom. The highest BCUT2D eigenvalue weighted by molar-refractivity contribution is 7.98.